The van der Waals surface area contributed by atoms with Crippen molar-refractivity contribution in [3.05, 3.63) is 354 Å². The SMILES string of the molecule is CCC(CC(CC(CC(CC(CC(CC(CC(CC(CC(C)c1ccc(C(C)(C)C)cc1)c1ccc(C(C)(C)C)cc1)c1ccc(C(C)(C)C)cc1)c1ccc(C(C)(C)C)cc1)c1ccc(C(C)(C)C)cc1)c1ccc(C(C)(C)C)cc1)c1ccc(C(C)(C)C)cc1)c1ccc(C(C)(C)C)cc1)c1ccc(C(C)(C)C)cc1)c1ccc(C(C)(C)C)cc1. The quantitative estimate of drug-likeness (QED) is 0.0438. The van der Waals surface area contributed by atoms with E-state index in [-0.39, 0.29) is 89.7 Å². The minimum absolute atomic E-state index is 0.00115. The summed E-state index contributed by atoms with van der Waals surface area (Å²) in [7, 11) is 0. The van der Waals surface area contributed by atoms with E-state index in [9.17, 15) is 0 Å². The van der Waals surface area contributed by atoms with E-state index in [0.717, 1.165) is 64.2 Å². The Morgan fingerprint density at radius 1 is 0.139 bits per heavy atom. The molecule has 0 aliphatic carbocycles. The summed E-state index contributed by atoms with van der Waals surface area (Å²) < 4.78 is 0. The van der Waals surface area contributed by atoms with E-state index >= 15 is 0 Å². The monoisotopic (exact) mass is 1630 g/mol. The molecule has 0 saturated heterocycles. The van der Waals surface area contributed by atoms with Crippen LogP contribution in [0.25, 0.3) is 0 Å². The van der Waals surface area contributed by atoms with Gasteiger partial charge in [-0.2, -0.15) is 0 Å². The van der Waals surface area contributed by atoms with E-state index in [0.29, 0.717) is 23.7 Å². The molecule has 0 spiro atoms. The van der Waals surface area contributed by atoms with Crippen molar-refractivity contribution in [1.82, 2.24) is 0 Å². The van der Waals surface area contributed by atoms with E-state index < -0.39 is 0 Å². The third-order valence-corrected chi connectivity index (χ3v) is 28.3. The summed E-state index contributed by atoms with van der Waals surface area (Å²) in [5.74, 6) is 2.72. The Kier molecular flexibility index (Phi) is 30.5. The third kappa shape index (κ3) is 26.2. The second-order valence-electron chi connectivity index (χ2n) is 48.4. The van der Waals surface area contributed by atoms with Crippen LogP contribution in [-0.4, -0.2) is 0 Å². The van der Waals surface area contributed by atoms with Crippen LogP contribution in [-0.2, 0) is 54.1 Å². The summed E-state index contributed by atoms with van der Waals surface area (Å²) in [5, 5.41) is 0. The highest BCUT2D eigenvalue weighted by Crippen LogP contribution is 2.52. The van der Waals surface area contributed by atoms with E-state index in [2.05, 4.69) is 464 Å². The van der Waals surface area contributed by atoms with Crippen LogP contribution in [0.5, 0.6) is 0 Å². The highest BCUT2D eigenvalue weighted by Gasteiger charge is 2.36. The van der Waals surface area contributed by atoms with Gasteiger partial charge in [-0.15, -0.1) is 0 Å². The molecule has 10 aromatic carbocycles. The van der Waals surface area contributed by atoms with Crippen molar-refractivity contribution in [3.63, 3.8) is 0 Å². The topological polar surface area (TPSA) is 0 Å². The molecule has 10 unspecified atom stereocenters. The standard InChI is InChI=1S/C122H166/c1-33-84(86-36-56-104(57-37-86)114(6,7)8)75-96(88-40-60-106(61-41-88)116(12,13)14)77-98(90-44-64-108(65-45-90)118(18,19)20)79-100(92-48-68-110(69-49-92)120(24,25)26)81-102(94-52-72-112(73-53-94)122(30,31)32)82-101(93-50-70-111(71-51-93)121(27,28)29)80-99(91-46-66-109(67-47-91)119(21,22)23)78-97(89-42-62-107(63-43-89)117(15,16)17)76-95(87-38-58-105(59-39-87)115(9,10)11)74-83(2)85-34-54-103(55-35-85)113(3,4)5/h34-73,83-84,95-102H,33,74-82H2,1-32H3. The molecule has 10 rings (SSSR count). The Bertz CT molecular complexity index is 4850. The number of rotatable bonds is 29. The molecule has 0 aliphatic rings. The van der Waals surface area contributed by atoms with Crippen LogP contribution in [0.4, 0.5) is 0 Å². The molecule has 10 aromatic rings. The first-order valence-electron chi connectivity index (χ1n) is 47.6. The highest BCUT2D eigenvalue weighted by atomic mass is 14.4. The van der Waals surface area contributed by atoms with Crippen LogP contribution in [0.3, 0.4) is 0 Å². The summed E-state index contributed by atoms with van der Waals surface area (Å²) >= 11 is 0. The third-order valence-electron chi connectivity index (χ3n) is 28.3. The Morgan fingerprint density at radius 3 is 0.352 bits per heavy atom. The normalized spacial score (nSPS) is 15.7. The average molecular weight is 1630 g/mol. The first kappa shape index (κ1) is 96.4. The fourth-order valence-electron chi connectivity index (χ4n) is 19.4. The first-order valence-corrected chi connectivity index (χ1v) is 47.6. The van der Waals surface area contributed by atoms with Crippen LogP contribution >= 0.6 is 0 Å². The zero-order chi connectivity index (χ0) is 89.7. The van der Waals surface area contributed by atoms with Crippen molar-refractivity contribution in [3.8, 4) is 0 Å². The fraction of sp³-hybridized carbons (Fsp3) is 0.508. The zero-order valence-electron chi connectivity index (χ0n) is 82.9. The minimum Gasteiger partial charge on any atom is -0.0648 e. The van der Waals surface area contributed by atoms with Crippen LogP contribution in [0.1, 0.15) is 456 Å². The lowest BCUT2D eigenvalue weighted by molar-refractivity contribution is 0.368. The van der Waals surface area contributed by atoms with E-state index in [1.54, 1.807) is 0 Å². The Morgan fingerprint density at radius 2 is 0.238 bits per heavy atom. The van der Waals surface area contributed by atoms with E-state index in [1.807, 2.05) is 0 Å². The van der Waals surface area contributed by atoms with Crippen LogP contribution < -0.4 is 0 Å². The zero-order valence-corrected chi connectivity index (χ0v) is 82.9. The average Bonchev–Trinajstić information content (AvgIpc) is 0.798. The smallest absolute Gasteiger partial charge is 0.0132 e. The molecule has 0 radical (unpaired) electrons. The maximum Gasteiger partial charge on any atom is -0.0132 e. The maximum atomic E-state index is 2.58. The predicted molar refractivity (Wildman–Crippen MR) is 536 cm³/mol. The molecular weight excluding hydrogens is 1470 g/mol. The maximum absolute atomic E-state index is 2.58. The summed E-state index contributed by atoms with van der Waals surface area (Å²) in [6.07, 6.45) is 10.4. The highest BCUT2D eigenvalue weighted by molar-refractivity contribution is 5.42. The van der Waals surface area contributed by atoms with Crippen molar-refractivity contribution >= 4 is 0 Å². The lowest BCUT2D eigenvalue weighted by Gasteiger charge is -2.35. The Hall–Kier alpha value is -7.80. The molecule has 0 heterocycles. The molecule has 0 saturated carbocycles. The summed E-state index contributed by atoms with van der Waals surface area (Å²) in [5.41, 5.74) is 28.8. The Labute approximate surface area is 748 Å². The fourth-order valence-corrected chi connectivity index (χ4v) is 19.4. The van der Waals surface area contributed by atoms with Gasteiger partial charge in [-0.1, -0.05) is 464 Å². The molecule has 10 atom stereocenters. The van der Waals surface area contributed by atoms with E-state index in [4.69, 9.17) is 0 Å². The van der Waals surface area contributed by atoms with Gasteiger partial charge in [-0.25, -0.2) is 0 Å². The van der Waals surface area contributed by atoms with Gasteiger partial charge in [0.1, 0.15) is 0 Å². The van der Waals surface area contributed by atoms with Crippen molar-refractivity contribution < 1.29 is 0 Å². The second kappa shape index (κ2) is 38.6. The summed E-state index contributed by atoms with van der Waals surface area (Å²) in [4.78, 5) is 0. The van der Waals surface area contributed by atoms with Crippen LogP contribution in [0.2, 0.25) is 0 Å². The molecular formula is C122H166. The van der Waals surface area contributed by atoms with Gasteiger partial charge in [-0.3, -0.25) is 0 Å². The number of benzene rings is 10. The molecule has 0 nitrogen and oxygen atoms in total. The van der Waals surface area contributed by atoms with Crippen molar-refractivity contribution in [2.24, 2.45) is 0 Å². The number of hydrogen-bond acceptors (Lipinski definition) is 0. The van der Waals surface area contributed by atoms with Crippen LogP contribution in [0, 0.1) is 0 Å². The minimum atomic E-state index is -0.00127. The molecule has 0 heteroatoms. The first-order chi connectivity index (χ1) is 56.6. The lowest BCUT2D eigenvalue weighted by Crippen LogP contribution is -2.19. The number of hydrogen-bond donors (Lipinski definition) is 0. The summed E-state index contributed by atoms with van der Waals surface area (Å²) in [6.45, 7) is 76.1. The summed E-state index contributed by atoms with van der Waals surface area (Å²) in [6, 6.07) is 100. The molecule has 0 aliphatic heterocycles. The molecule has 122 heavy (non-hydrogen) atoms. The lowest BCUT2D eigenvalue weighted by atomic mass is 9.69. The largest absolute Gasteiger partial charge is 0.0648 e. The van der Waals surface area contributed by atoms with Crippen molar-refractivity contribution in [2.75, 3.05) is 0 Å². The molecule has 0 bridgehead atoms. The Balaban J connectivity index is 1.18. The molecule has 0 fully saturated rings. The molecule has 0 amide bonds. The van der Waals surface area contributed by atoms with Gasteiger partial charge in [0.25, 0.3) is 0 Å². The van der Waals surface area contributed by atoms with Gasteiger partial charge in [0, 0.05) is 0 Å². The van der Waals surface area contributed by atoms with Gasteiger partial charge in [0.2, 0.25) is 0 Å². The van der Waals surface area contributed by atoms with Gasteiger partial charge in [0.15, 0.2) is 0 Å². The van der Waals surface area contributed by atoms with E-state index in [1.165, 1.54) is 111 Å². The van der Waals surface area contributed by atoms with Gasteiger partial charge in [0.05, 0.1) is 0 Å². The molecule has 0 aromatic heterocycles. The molecule has 0 N–H and O–H groups in total. The van der Waals surface area contributed by atoms with Crippen molar-refractivity contribution in [1.29, 1.82) is 0 Å². The van der Waals surface area contributed by atoms with Crippen molar-refractivity contribution in [2.45, 2.75) is 399 Å². The van der Waals surface area contributed by atoms with Gasteiger partial charge >= 0.3 is 0 Å². The predicted octanol–water partition coefficient (Wildman–Crippen LogP) is 35.7. The van der Waals surface area contributed by atoms with Crippen LogP contribution in [0.15, 0.2) is 243 Å². The van der Waals surface area contributed by atoms with Gasteiger partial charge < -0.3 is 0 Å². The van der Waals surface area contributed by atoms with Gasteiger partial charge in [-0.05, 0) is 289 Å². The molecule has 654 valence electrons. The second-order valence-corrected chi connectivity index (χ2v) is 48.4.